The Labute approximate surface area is 190 Å². The van der Waals surface area contributed by atoms with Crippen molar-refractivity contribution in [3.8, 4) is 11.5 Å². The van der Waals surface area contributed by atoms with E-state index in [2.05, 4.69) is 10.2 Å². The third kappa shape index (κ3) is 4.18. The van der Waals surface area contributed by atoms with E-state index in [9.17, 15) is 22.8 Å². The summed E-state index contributed by atoms with van der Waals surface area (Å²) in [6.45, 7) is 0.723. The number of hydrogen-bond donors (Lipinski definition) is 0. The fourth-order valence-electron chi connectivity index (χ4n) is 4.06. The van der Waals surface area contributed by atoms with E-state index in [0.29, 0.717) is 35.9 Å². The van der Waals surface area contributed by atoms with Crippen LogP contribution in [0.1, 0.15) is 40.6 Å². The summed E-state index contributed by atoms with van der Waals surface area (Å²) in [7, 11) is 0. The molecule has 1 unspecified atom stereocenters. The molecule has 174 valence electrons. The zero-order valence-corrected chi connectivity index (χ0v) is 17.7. The molecule has 0 radical (unpaired) electrons. The summed E-state index contributed by atoms with van der Waals surface area (Å²) >= 11 is 0. The van der Waals surface area contributed by atoms with Crippen molar-refractivity contribution in [1.29, 1.82) is 0 Å². The van der Waals surface area contributed by atoms with Gasteiger partial charge in [0, 0.05) is 24.0 Å². The van der Waals surface area contributed by atoms with Crippen molar-refractivity contribution in [3.05, 3.63) is 82.0 Å². The maximum atomic E-state index is 13.1. The number of likely N-dealkylation sites (tertiary alicyclic amines) is 1. The van der Waals surface area contributed by atoms with Gasteiger partial charge in [-0.15, -0.1) is 10.2 Å². The lowest BCUT2D eigenvalue weighted by molar-refractivity contribution is -0.137. The number of nitrogens with zero attached hydrogens (tertiary/aromatic N) is 3. The minimum absolute atomic E-state index is 0.0460. The van der Waals surface area contributed by atoms with Crippen LogP contribution in [0.15, 0.2) is 68.2 Å². The molecule has 1 aliphatic heterocycles. The van der Waals surface area contributed by atoms with Gasteiger partial charge in [0.1, 0.15) is 11.1 Å². The minimum Gasteiger partial charge on any atom is -0.422 e. The van der Waals surface area contributed by atoms with Crippen molar-refractivity contribution in [2.45, 2.75) is 24.9 Å². The number of amides is 1. The molecule has 0 saturated carbocycles. The predicted octanol–water partition coefficient (Wildman–Crippen LogP) is 4.88. The van der Waals surface area contributed by atoms with Gasteiger partial charge in [-0.05, 0) is 49.2 Å². The van der Waals surface area contributed by atoms with E-state index in [4.69, 9.17) is 8.83 Å². The van der Waals surface area contributed by atoms with Gasteiger partial charge in [0.15, 0.2) is 0 Å². The Morgan fingerprint density at radius 3 is 2.56 bits per heavy atom. The van der Waals surface area contributed by atoms with Crippen molar-refractivity contribution in [2.75, 3.05) is 13.1 Å². The Hall–Kier alpha value is -3.95. The Bertz CT molecular complexity index is 1410. The highest BCUT2D eigenvalue weighted by Crippen LogP contribution is 2.32. The van der Waals surface area contributed by atoms with Crippen molar-refractivity contribution in [1.82, 2.24) is 15.1 Å². The zero-order chi connectivity index (χ0) is 23.9. The van der Waals surface area contributed by atoms with Crippen LogP contribution in [-0.2, 0) is 6.18 Å². The fourth-order valence-corrected chi connectivity index (χ4v) is 4.06. The van der Waals surface area contributed by atoms with Gasteiger partial charge in [-0.25, -0.2) is 4.79 Å². The van der Waals surface area contributed by atoms with E-state index < -0.39 is 23.3 Å². The highest BCUT2D eigenvalue weighted by atomic mass is 19.4. The quantitative estimate of drug-likeness (QED) is 0.397. The smallest absolute Gasteiger partial charge is 0.416 e. The molecule has 7 nitrogen and oxygen atoms in total. The minimum atomic E-state index is -4.43. The van der Waals surface area contributed by atoms with Gasteiger partial charge in [-0.2, -0.15) is 13.2 Å². The van der Waals surface area contributed by atoms with Crippen LogP contribution < -0.4 is 5.63 Å². The molecule has 4 aromatic rings. The number of benzene rings is 2. The first-order chi connectivity index (χ1) is 16.3. The maximum absolute atomic E-state index is 13.1. The molecule has 34 heavy (non-hydrogen) atoms. The Morgan fingerprint density at radius 2 is 1.79 bits per heavy atom. The van der Waals surface area contributed by atoms with Crippen molar-refractivity contribution in [3.63, 3.8) is 0 Å². The lowest BCUT2D eigenvalue weighted by atomic mass is 9.97. The van der Waals surface area contributed by atoms with Gasteiger partial charge < -0.3 is 13.7 Å². The SMILES string of the molecule is O=C(c1cc2ccccc2oc1=O)N1CCCC(c2nnc(-c3ccc(C(F)(F)F)cc3)o2)C1. The molecular weight excluding hydrogens is 451 g/mol. The number of fused-ring (bicyclic) bond motifs is 1. The van der Waals surface area contributed by atoms with Crippen LogP contribution in [0.4, 0.5) is 13.2 Å². The molecule has 1 amide bonds. The van der Waals surface area contributed by atoms with E-state index in [0.717, 1.165) is 12.1 Å². The van der Waals surface area contributed by atoms with Crippen molar-refractivity contribution in [2.24, 2.45) is 0 Å². The van der Waals surface area contributed by atoms with E-state index >= 15 is 0 Å². The molecule has 1 atom stereocenters. The lowest BCUT2D eigenvalue weighted by Crippen LogP contribution is -2.40. The molecular formula is C24H18F3N3O4. The topological polar surface area (TPSA) is 89.4 Å². The van der Waals surface area contributed by atoms with Crippen molar-refractivity contribution < 1.29 is 26.8 Å². The summed E-state index contributed by atoms with van der Waals surface area (Å²) in [6, 6.07) is 12.9. The van der Waals surface area contributed by atoms with Gasteiger partial charge in [0.05, 0.1) is 11.5 Å². The monoisotopic (exact) mass is 469 g/mol. The molecule has 0 aliphatic carbocycles. The average molecular weight is 469 g/mol. The summed E-state index contributed by atoms with van der Waals surface area (Å²) in [5.74, 6) is -0.312. The average Bonchev–Trinajstić information content (AvgIpc) is 3.33. The van der Waals surface area contributed by atoms with Gasteiger partial charge in [0.25, 0.3) is 5.91 Å². The third-order valence-corrected chi connectivity index (χ3v) is 5.83. The molecule has 2 aromatic heterocycles. The first-order valence-electron chi connectivity index (χ1n) is 10.6. The number of aromatic nitrogens is 2. The number of rotatable bonds is 3. The van der Waals surface area contributed by atoms with Crippen LogP contribution in [0.5, 0.6) is 0 Å². The number of carbonyl (C=O) groups is 1. The van der Waals surface area contributed by atoms with E-state index in [1.54, 1.807) is 29.2 Å². The molecule has 0 N–H and O–H groups in total. The Balaban J connectivity index is 1.34. The predicted molar refractivity (Wildman–Crippen MR) is 115 cm³/mol. The highest BCUT2D eigenvalue weighted by molar-refractivity contribution is 5.96. The number of para-hydroxylation sites is 1. The van der Waals surface area contributed by atoms with Crippen LogP contribution in [0.25, 0.3) is 22.4 Å². The summed E-state index contributed by atoms with van der Waals surface area (Å²) in [5, 5.41) is 8.67. The van der Waals surface area contributed by atoms with Crippen LogP contribution in [-0.4, -0.2) is 34.1 Å². The van der Waals surface area contributed by atoms with Crippen LogP contribution >= 0.6 is 0 Å². The molecule has 10 heteroatoms. The molecule has 0 bridgehead atoms. The number of halogens is 3. The van der Waals surface area contributed by atoms with Gasteiger partial charge in [-0.3, -0.25) is 4.79 Å². The zero-order valence-electron chi connectivity index (χ0n) is 17.7. The first kappa shape index (κ1) is 21.9. The number of piperidine rings is 1. The summed E-state index contributed by atoms with van der Waals surface area (Å²) in [6.07, 6.45) is -3.09. The second-order valence-corrected chi connectivity index (χ2v) is 8.10. The van der Waals surface area contributed by atoms with Crippen molar-refractivity contribution >= 4 is 16.9 Å². The van der Waals surface area contributed by atoms with Crippen LogP contribution in [0.2, 0.25) is 0 Å². The molecule has 2 aromatic carbocycles. The number of alkyl halides is 3. The highest BCUT2D eigenvalue weighted by Gasteiger charge is 2.32. The first-order valence-corrected chi connectivity index (χ1v) is 10.6. The van der Waals surface area contributed by atoms with Gasteiger partial charge in [0.2, 0.25) is 11.8 Å². The second kappa shape index (κ2) is 8.44. The van der Waals surface area contributed by atoms with Gasteiger partial charge in [-0.1, -0.05) is 18.2 Å². The molecule has 1 aliphatic rings. The van der Waals surface area contributed by atoms with Crippen LogP contribution in [0, 0.1) is 0 Å². The standard InChI is InChI=1S/C24H18F3N3O4/c25-24(26,27)17-9-7-14(8-10-17)20-28-29-21(34-20)16-5-3-11-30(13-16)22(31)18-12-15-4-1-2-6-19(15)33-23(18)32/h1-2,4,6-10,12,16H,3,5,11,13H2. The summed E-state index contributed by atoms with van der Waals surface area (Å²) < 4.78 is 49.4. The van der Waals surface area contributed by atoms with E-state index in [1.165, 1.54) is 18.2 Å². The van der Waals surface area contributed by atoms with E-state index in [1.807, 2.05) is 0 Å². The summed E-state index contributed by atoms with van der Waals surface area (Å²) in [4.78, 5) is 27.0. The largest absolute Gasteiger partial charge is 0.422 e. The number of carbonyl (C=O) groups excluding carboxylic acids is 1. The van der Waals surface area contributed by atoms with E-state index in [-0.39, 0.29) is 29.8 Å². The Kier molecular flexibility index (Phi) is 5.43. The van der Waals surface area contributed by atoms with Gasteiger partial charge >= 0.3 is 11.8 Å². The molecule has 5 rings (SSSR count). The molecule has 1 fully saturated rings. The molecule has 0 spiro atoms. The summed E-state index contributed by atoms with van der Waals surface area (Å²) in [5.41, 5.74) is -0.745. The number of hydrogen-bond acceptors (Lipinski definition) is 6. The second-order valence-electron chi connectivity index (χ2n) is 8.10. The fraction of sp³-hybridized carbons (Fsp3) is 0.250. The van der Waals surface area contributed by atoms with Crippen LogP contribution in [0.3, 0.4) is 0 Å². The molecule has 3 heterocycles. The maximum Gasteiger partial charge on any atom is 0.416 e. The Morgan fingerprint density at radius 1 is 1.03 bits per heavy atom. The lowest BCUT2D eigenvalue weighted by Gasteiger charge is -2.30. The molecule has 1 saturated heterocycles. The normalized spacial score (nSPS) is 16.7. The third-order valence-electron chi connectivity index (χ3n) is 5.83.